The second-order valence-corrected chi connectivity index (χ2v) is 9.00. The van der Waals surface area contributed by atoms with Crippen LogP contribution in [0.3, 0.4) is 0 Å². The fraction of sp³-hybridized carbons (Fsp3) is 0.318. The van der Waals surface area contributed by atoms with E-state index >= 15 is 0 Å². The molecule has 1 N–H and O–H groups in total. The number of nitrogens with zero attached hydrogens (tertiary/aromatic N) is 3. The van der Waals surface area contributed by atoms with E-state index in [1.54, 1.807) is 17.5 Å². The average molecular weight is 457 g/mol. The molecule has 1 aliphatic rings. The Morgan fingerprint density at radius 2 is 1.97 bits per heavy atom. The molecule has 3 aromatic rings. The van der Waals surface area contributed by atoms with E-state index in [4.69, 9.17) is 4.74 Å². The Morgan fingerprint density at radius 1 is 1.19 bits per heavy atom. The molecule has 0 atom stereocenters. The van der Waals surface area contributed by atoms with E-state index in [2.05, 4.69) is 15.2 Å². The minimum Gasteiger partial charge on any atom is -0.378 e. The normalized spacial score (nSPS) is 13.8. The van der Waals surface area contributed by atoms with Gasteiger partial charge in [-0.2, -0.15) is 0 Å². The molecule has 0 unspecified atom stereocenters. The number of hydrogen-bond acceptors (Lipinski definition) is 7. The lowest BCUT2D eigenvalue weighted by molar-refractivity contribution is -0.116. The quantitative estimate of drug-likeness (QED) is 0.585. The van der Waals surface area contributed by atoms with Crippen LogP contribution in [0.1, 0.15) is 16.6 Å². The molecule has 0 radical (unpaired) electrons. The lowest BCUT2D eigenvalue weighted by Gasteiger charge is -2.29. The van der Waals surface area contributed by atoms with Gasteiger partial charge in [-0.05, 0) is 42.6 Å². The number of anilines is 2. The fourth-order valence-electron chi connectivity index (χ4n) is 3.32. The van der Waals surface area contributed by atoms with Crippen LogP contribution in [0.15, 0.2) is 48.0 Å². The van der Waals surface area contributed by atoms with Crippen molar-refractivity contribution in [3.63, 3.8) is 0 Å². The predicted molar refractivity (Wildman–Crippen MR) is 125 cm³/mol. The average Bonchev–Trinajstić information content (AvgIpc) is 3.50. The lowest BCUT2D eigenvalue weighted by Crippen LogP contribution is -2.37. The summed E-state index contributed by atoms with van der Waals surface area (Å²) in [6, 6.07) is 11.7. The van der Waals surface area contributed by atoms with Crippen LogP contribution in [-0.2, 0) is 9.53 Å². The number of rotatable bonds is 7. The van der Waals surface area contributed by atoms with Crippen LogP contribution >= 0.6 is 22.7 Å². The SMILES string of the molecule is CCN(CC(=O)Nc1ccc(N2CCOCC2)cc1)C(=O)c1cnc(-c2cccs2)s1. The number of hydrogen-bond donors (Lipinski definition) is 1. The summed E-state index contributed by atoms with van der Waals surface area (Å²) in [7, 11) is 0. The zero-order valence-electron chi connectivity index (χ0n) is 17.2. The molecular weight excluding hydrogens is 432 g/mol. The highest BCUT2D eigenvalue weighted by atomic mass is 32.1. The Morgan fingerprint density at radius 3 is 2.65 bits per heavy atom. The number of carbonyl (C=O) groups excluding carboxylic acids is 2. The third-order valence-electron chi connectivity index (χ3n) is 4.98. The van der Waals surface area contributed by atoms with Crippen molar-refractivity contribution in [3.8, 4) is 9.88 Å². The monoisotopic (exact) mass is 456 g/mol. The Bertz CT molecular complexity index is 1010. The molecule has 7 nitrogen and oxygen atoms in total. The van der Waals surface area contributed by atoms with Gasteiger partial charge in [0.25, 0.3) is 5.91 Å². The fourth-order valence-corrected chi connectivity index (χ4v) is 5.01. The zero-order chi connectivity index (χ0) is 21.6. The molecule has 162 valence electrons. The Balaban J connectivity index is 1.34. The van der Waals surface area contributed by atoms with Gasteiger partial charge < -0.3 is 19.9 Å². The summed E-state index contributed by atoms with van der Waals surface area (Å²) in [4.78, 5) is 35.1. The second kappa shape index (κ2) is 10.0. The Hall–Kier alpha value is -2.75. The van der Waals surface area contributed by atoms with E-state index in [1.165, 1.54) is 16.2 Å². The van der Waals surface area contributed by atoms with Gasteiger partial charge >= 0.3 is 0 Å². The summed E-state index contributed by atoms with van der Waals surface area (Å²) in [5.74, 6) is -0.405. The van der Waals surface area contributed by atoms with Crippen molar-refractivity contribution in [2.75, 3.05) is 49.6 Å². The van der Waals surface area contributed by atoms with Gasteiger partial charge in [-0.1, -0.05) is 6.07 Å². The highest BCUT2D eigenvalue weighted by Gasteiger charge is 2.20. The van der Waals surface area contributed by atoms with Crippen LogP contribution in [0.25, 0.3) is 9.88 Å². The van der Waals surface area contributed by atoms with E-state index < -0.39 is 0 Å². The number of nitrogens with one attached hydrogen (secondary N) is 1. The van der Waals surface area contributed by atoms with E-state index in [-0.39, 0.29) is 18.4 Å². The maximum Gasteiger partial charge on any atom is 0.266 e. The number of thiazole rings is 1. The number of thiophene rings is 1. The molecule has 4 rings (SSSR count). The molecule has 0 spiro atoms. The van der Waals surface area contributed by atoms with E-state index in [0.29, 0.717) is 17.1 Å². The molecule has 9 heteroatoms. The number of likely N-dealkylation sites (N-methyl/N-ethyl adjacent to an activating group) is 1. The molecule has 1 fully saturated rings. The summed E-state index contributed by atoms with van der Waals surface area (Å²) in [6.07, 6.45) is 1.59. The van der Waals surface area contributed by atoms with Gasteiger partial charge in [0.05, 0.1) is 24.3 Å². The summed E-state index contributed by atoms with van der Waals surface area (Å²) >= 11 is 2.94. The summed E-state index contributed by atoms with van der Waals surface area (Å²) in [5.41, 5.74) is 1.82. The molecule has 2 aromatic heterocycles. The Labute approximate surface area is 189 Å². The van der Waals surface area contributed by atoms with E-state index in [1.807, 2.05) is 48.7 Å². The van der Waals surface area contributed by atoms with Crippen molar-refractivity contribution in [2.24, 2.45) is 0 Å². The second-order valence-electron chi connectivity index (χ2n) is 7.02. The molecule has 2 amide bonds. The first kappa shape index (κ1) is 21.5. The maximum atomic E-state index is 12.9. The van der Waals surface area contributed by atoms with Crippen LogP contribution in [-0.4, -0.2) is 61.1 Å². The van der Waals surface area contributed by atoms with Gasteiger partial charge in [-0.25, -0.2) is 4.98 Å². The van der Waals surface area contributed by atoms with Crippen LogP contribution in [0, 0.1) is 0 Å². The van der Waals surface area contributed by atoms with Crippen molar-refractivity contribution < 1.29 is 14.3 Å². The smallest absolute Gasteiger partial charge is 0.266 e. The van der Waals surface area contributed by atoms with E-state index in [9.17, 15) is 9.59 Å². The van der Waals surface area contributed by atoms with Gasteiger partial charge in [-0.15, -0.1) is 22.7 Å². The first-order valence-corrected chi connectivity index (χ1v) is 11.8. The molecule has 1 aromatic carbocycles. The topological polar surface area (TPSA) is 74.8 Å². The van der Waals surface area contributed by atoms with E-state index in [0.717, 1.165) is 41.9 Å². The summed E-state index contributed by atoms with van der Waals surface area (Å²) in [6.45, 7) is 5.49. The highest BCUT2D eigenvalue weighted by molar-refractivity contribution is 7.21. The lowest BCUT2D eigenvalue weighted by atomic mass is 10.2. The molecule has 31 heavy (non-hydrogen) atoms. The van der Waals surface area contributed by atoms with Crippen molar-refractivity contribution in [3.05, 3.63) is 52.9 Å². The van der Waals surface area contributed by atoms with Crippen LogP contribution in [0.5, 0.6) is 0 Å². The first-order chi connectivity index (χ1) is 15.1. The molecule has 3 heterocycles. The number of amides is 2. The maximum absolute atomic E-state index is 12.9. The third-order valence-corrected chi connectivity index (χ3v) is 7.00. The standard InChI is InChI=1S/C22H24N4O3S2/c1-2-25(22(28)19-14-23-21(31-19)18-4-3-13-30-18)15-20(27)24-16-5-7-17(8-6-16)26-9-11-29-12-10-26/h3-8,13-14H,2,9-12,15H2,1H3,(H,24,27). The third kappa shape index (κ3) is 5.30. The van der Waals surface area contributed by atoms with Crippen molar-refractivity contribution >= 4 is 45.9 Å². The van der Waals surface area contributed by atoms with Gasteiger partial charge in [0.15, 0.2) is 0 Å². The van der Waals surface area contributed by atoms with Crippen LogP contribution in [0.2, 0.25) is 0 Å². The number of ether oxygens (including phenoxy) is 1. The summed E-state index contributed by atoms with van der Waals surface area (Å²) in [5, 5.41) is 5.68. The van der Waals surface area contributed by atoms with Crippen molar-refractivity contribution in [1.82, 2.24) is 9.88 Å². The van der Waals surface area contributed by atoms with Crippen LogP contribution in [0.4, 0.5) is 11.4 Å². The zero-order valence-corrected chi connectivity index (χ0v) is 18.9. The van der Waals surface area contributed by atoms with Crippen LogP contribution < -0.4 is 10.2 Å². The predicted octanol–water partition coefficient (Wildman–Crippen LogP) is 3.81. The molecular formula is C22H24N4O3S2. The van der Waals surface area contributed by atoms with Gasteiger partial charge in [0.2, 0.25) is 5.91 Å². The minimum atomic E-state index is -0.225. The molecule has 0 saturated carbocycles. The van der Waals surface area contributed by atoms with Gasteiger partial charge in [0, 0.05) is 31.0 Å². The molecule has 1 aliphatic heterocycles. The molecule has 1 saturated heterocycles. The largest absolute Gasteiger partial charge is 0.378 e. The van der Waals surface area contributed by atoms with Crippen molar-refractivity contribution in [2.45, 2.75) is 6.92 Å². The van der Waals surface area contributed by atoms with Gasteiger partial charge in [0.1, 0.15) is 16.4 Å². The van der Waals surface area contributed by atoms with Gasteiger partial charge in [-0.3, -0.25) is 9.59 Å². The number of benzene rings is 1. The Kier molecular flexibility index (Phi) is 6.96. The minimum absolute atomic E-state index is 0.00716. The highest BCUT2D eigenvalue weighted by Crippen LogP contribution is 2.29. The number of morpholine rings is 1. The first-order valence-electron chi connectivity index (χ1n) is 10.2. The summed E-state index contributed by atoms with van der Waals surface area (Å²) < 4.78 is 5.38. The molecule has 0 bridgehead atoms. The van der Waals surface area contributed by atoms with Crippen molar-refractivity contribution in [1.29, 1.82) is 0 Å². The number of aromatic nitrogens is 1. The molecule has 0 aliphatic carbocycles. The number of carbonyl (C=O) groups is 2.